The number of hydrogen-bond donors (Lipinski definition) is 1. The zero-order chi connectivity index (χ0) is 18.2. The van der Waals surface area contributed by atoms with Crippen LogP contribution in [0, 0.1) is 5.92 Å². The van der Waals surface area contributed by atoms with Crippen LogP contribution in [0.4, 0.5) is 0 Å². The summed E-state index contributed by atoms with van der Waals surface area (Å²) in [6.07, 6.45) is 2.56. The van der Waals surface area contributed by atoms with Gasteiger partial charge in [0.25, 0.3) is 0 Å². The van der Waals surface area contributed by atoms with Gasteiger partial charge in [-0.2, -0.15) is 0 Å². The van der Waals surface area contributed by atoms with E-state index in [4.69, 9.17) is 9.47 Å². The van der Waals surface area contributed by atoms with E-state index in [1.54, 1.807) is 18.4 Å². The lowest BCUT2D eigenvalue weighted by Gasteiger charge is -2.15. The molecule has 0 spiro atoms. The van der Waals surface area contributed by atoms with Crippen LogP contribution in [0.3, 0.4) is 0 Å². The van der Waals surface area contributed by atoms with Gasteiger partial charge < -0.3 is 19.7 Å². The second-order valence-corrected chi connectivity index (χ2v) is 7.97. The molecule has 1 N–H and O–H groups in total. The third-order valence-electron chi connectivity index (χ3n) is 4.85. The van der Waals surface area contributed by atoms with E-state index in [9.17, 15) is 0 Å². The average Bonchev–Trinajstić information content (AvgIpc) is 3.33. The summed E-state index contributed by atoms with van der Waals surface area (Å²) in [7, 11) is 1.70. The summed E-state index contributed by atoms with van der Waals surface area (Å²) < 4.78 is 11.4. The van der Waals surface area contributed by atoms with Crippen LogP contribution < -0.4 is 14.8 Å². The highest BCUT2D eigenvalue weighted by Crippen LogP contribution is 2.29. The van der Waals surface area contributed by atoms with Crippen molar-refractivity contribution in [3.63, 3.8) is 0 Å². The van der Waals surface area contributed by atoms with Gasteiger partial charge in [0, 0.05) is 18.0 Å². The predicted molar refractivity (Wildman–Crippen MR) is 108 cm³/mol. The van der Waals surface area contributed by atoms with Crippen LogP contribution in [0.5, 0.6) is 11.5 Å². The molecule has 1 fully saturated rings. The second-order valence-electron chi connectivity index (χ2n) is 6.94. The van der Waals surface area contributed by atoms with Crippen LogP contribution in [-0.2, 0) is 13.2 Å². The maximum atomic E-state index is 5.91. The van der Waals surface area contributed by atoms with Crippen molar-refractivity contribution >= 4 is 11.3 Å². The number of likely N-dealkylation sites (tertiary alicyclic amines) is 1. The van der Waals surface area contributed by atoms with Crippen molar-refractivity contribution in [3.05, 3.63) is 46.2 Å². The van der Waals surface area contributed by atoms with E-state index < -0.39 is 0 Å². The van der Waals surface area contributed by atoms with Crippen molar-refractivity contribution in [2.45, 2.75) is 32.9 Å². The summed E-state index contributed by atoms with van der Waals surface area (Å²) in [5.74, 6) is 2.38. The van der Waals surface area contributed by atoms with Gasteiger partial charge in [0.05, 0.1) is 7.11 Å². The minimum atomic E-state index is 0.585. The third-order valence-corrected chi connectivity index (χ3v) is 5.70. The molecule has 0 amide bonds. The number of nitrogens with zero attached hydrogens (tertiary/aromatic N) is 1. The summed E-state index contributed by atoms with van der Waals surface area (Å²) in [5.41, 5.74) is 1.23. The fourth-order valence-corrected chi connectivity index (χ4v) is 4.12. The van der Waals surface area contributed by atoms with Crippen LogP contribution in [0.1, 0.15) is 30.2 Å². The molecule has 1 aromatic carbocycles. The lowest BCUT2D eigenvalue weighted by Crippen LogP contribution is -2.26. The van der Waals surface area contributed by atoms with Gasteiger partial charge in [0.2, 0.25) is 0 Å². The first-order chi connectivity index (χ1) is 12.8. The SMILES string of the molecule is CCCN1CCC(CNCc2ccc(OCc3cccs3)c(OC)c2)C1. The van der Waals surface area contributed by atoms with Gasteiger partial charge in [-0.15, -0.1) is 11.3 Å². The molecular weight excluding hydrogens is 344 g/mol. The number of rotatable bonds is 10. The van der Waals surface area contributed by atoms with Crippen molar-refractivity contribution in [1.82, 2.24) is 10.2 Å². The lowest BCUT2D eigenvalue weighted by atomic mass is 10.1. The Morgan fingerprint density at radius 3 is 2.96 bits per heavy atom. The quantitative estimate of drug-likeness (QED) is 0.677. The number of ether oxygens (including phenoxy) is 2. The van der Waals surface area contributed by atoms with Crippen molar-refractivity contribution < 1.29 is 9.47 Å². The molecule has 3 rings (SSSR count). The molecule has 2 heterocycles. The van der Waals surface area contributed by atoms with Crippen molar-refractivity contribution in [1.29, 1.82) is 0 Å². The lowest BCUT2D eigenvalue weighted by molar-refractivity contribution is 0.287. The monoisotopic (exact) mass is 374 g/mol. The molecule has 0 radical (unpaired) electrons. The summed E-state index contributed by atoms with van der Waals surface area (Å²) >= 11 is 1.71. The molecule has 1 aromatic heterocycles. The molecule has 1 saturated heterocycles. The maximum absolute atomic E-state index is 5.91. The van der Waals surface area contributed by atoms with Crippen LogP contribution in [0.15, 0.2) is 35.7 Å². The molecule has 0 bridgehead atoms. The van der Waals surface area contributed by atoms with Gasteiger partial charge in [-0.05, 0) is 67.5 Å². The molecule has 5 heteroatoms. The van der Waals surface area contributed by atoms with E-state index in [0.29, 0.717) is 6.61 Å². The highest BCUT2D eigenvalue weighted by atomic mass is 32.1. The molecule has 0 aliphatic carbocycles. The first kappa shape index (κ1) is 19.2. The number of nitrogens with one attached hydrogen (secondary N) is 1. The fourth-order valence-electron chi connectivity index (χ4n) is 3.50. The largest absolute Gasteiger partial charge is 0.493 e. The molecule has 4 nitrogen and oxygen atoms in total. The minimum Gasteiger partial charge on any atom is -0.493 e. The van der Waals surface area contributed by atoms with Crippen LogP contribution in [0.25, 0.3) is 0 Å². The Labute approximate surface area is 161 Å². The molecule has 1 atom stereocenters. The topological polar surface area (TPSA) is 33.7 Å². The molecule has 1 aliphatic rings. The van der Waals surface area contributed by atoms with Crippen molar-refractivity contribution in [3.8, 4) is 11.5 Å². The van der Waals surface area contributed by atoms with Gasteiger partial charge >= 0.3 is 0 Å². The smallest absolute Gasteiger partial charge is 0.161 e. The highest BCUT2D eigenvalue weighted by molar-refractivity contribution is 7.09. The molecule has 2 aromatic rings. The number of methoxy groups -OCH3 is 1. The second kappa shape index (κ2) is 9.95. The first-order valence-corrected chi connectivity index (χ1v) is 10.4. The standard InChI is InChI=1S/C21H30N2O2S/c1-3-9-23-10-8-18(15-23)14-22-13-17-6-7-20(21(12-17)24-2)25-16-19-5-4-11-26-19/h4-7,11-12,18,22H,3,8-10,13-16H2,1-2H3. The maximum Gasteiger partial charge on any atom is 0.161 e. The Morgan fingerprint density at radius 1 is 1.27 bits per heavy atom. The van der Waals surface area contributed by atoms with Crippen LogP contribution >= 0.6 is 11.3 Å². The van der Waals surface area contributed by atoms with Crippen LogP contribution in [-0.4, -0.2) is 38.2 Å². The summed E-state index contributed by atoms with van der Waals surface area (Å²) in [6, 6.07) is 10.3. The molecule has 1 aliphatic heterocycles. The summed E-state index contributed by atoms with van der Waals surface area (Å²) in [4.78, 5) is 3.79. The van der Waals surface area contributed by atoms with Gasteiger partial charge in [0.15, 0.2) is 11.5 Å². The van der Waals surface area contributed by atoms with E-state index in [0.717, 1.165) is 30.5 Å². The van der Waals surface area contributed by atoms with Gasteiger partial charge in [0.1, 0.15) is 6.61 Å². The Bertz CT molecular complexity index is 660. The minimum absolute atomic E-state index is 0.585. The van der Waals surface area contributed by atoms with Gasteiger partial charge in [-0.1, -0.05) is 19.1 Å². The first-order valence-electron chi connectivity index (χ1n) is 9.53. The molecular formula is C21H30N2O2S. The van der Waals surface area contributed by atoms with Gasteiger partial charge in [-0.3, -0.25) is 0 Å². The average molecular weight is 375 g/mol. The van der Waals surface area contributed by atoms with Crippen LogP contribution in [0.2, 0.25) is 0 Å². The normalized spacial score (nSPS) is 17.5. The number of thiophene rings is 1. The fraction of sp³-hybridized carbons (Fsp3) is 0.524. The van der Waals surface area contributed by atoms with E-state index >= 15 is 0 Å². The molecule has 26 heavy (non-hydrogen) atoms. The zero-order valence-corrected chi connectivity index (χ0v) is 16.7. The van der Waals surface area contributed by atoms with E-state index in [1.807, 2.05) is 12.1 Å². The zero-order valence-electron chi connectivity index (χ0n) is 15.9. The molecule has 142 valence electrons. The number of hydrogen-bond acceptors (Lipinski definition) is 5. The molecule has 1 unspecified atom stereocenters. The van der Waals surface area contributed by atoms with Gasteiger partial charge in [-0.25, -0.2) is 0 Å². The highest BCUT2D eigenvalue weighted by Gasteiger charge is 2.21. The Hall–Kier alpha value is -1.56. The van der Waals surface area contributed by atoms with E-state index in [2.05, 4.69) is 40.7 Å². The summed E-state index contributed by atoms with van der Waals surface area (Å²) in [6.45, 7) is 8.52. The molecule has 0 saturated carbocycles. The van der Waals surface area contributed by atoms with Crippen molar-refractivity contribution in [2.75, 3.05) is 33.3 Å². The predicted octanol–water partition coefficient (Wildman–Crippen LogP) is 4.16. The summed E-state index contributed by atoms with van der Waals surface area (Å²) in [5, 5.41) is 5.68. The Morgan fingerprint density at radius 2 is 2.19 bits per heavy atom. The van der Waals surface area contributed by atoms with E-state index in [-0.39, 0.29) is 0 Å². The third kappa shape index (κ3) is 5.47. The Balaban J connectivity index is 1.46. The van der Waals surface area contributed by atoms with E-state index in [1.165, 1.54) is 42.9 Å². The number of benzene rings is 1. The van der Waals surface area contributed by atoms with Crippen molar-refractivity contribution in [2.24, 2.45) is 5.92 Å². The Kier molecular flexibility index (Phi) is 7.35.